The van der Waals surface area contributed by atoms with Gasteiger partial charge in [0.05, 0.1) is 17.1 Å². The van der Waals surface area contributed by atoms with Gasteiger partial charge in [0.1, 0.15) is 25.8 Å². The van der Waals surface area contributed by atoms with E-state index in [1.807, 2.05) is 73.7 Å². The van der Waals surface area contributed by atoms with Crippen LogP contribution in [0, 0.1) is 22.7 Å². The Hall–Kier alpha value is -6.37. The summed E-state index contributed by atoms with van der Waals surface area (Å²) in [7, 11) is 0. The number of carbonyl (C=O) groups is 6. The van der Waals surface area contributed by atoms with Crippen LogP contribution in [0.5, 0.6) is 0 Å². The number of rotatable bonds is 15. The van der Waals surface area contributed by atoms with Crippen molar-refractivity contribution in [1.29, 1.82) is 0 Å². The number of halogens is 1. The number of fused-ring (bicyclic) bond motifs is 10. The van der Waals surface area contributed by atoms with Crippen molar-refractivity contribution < 1.29 is 62.7 Å². The zero-order valence-electron chi connectivity index (χ0n) is 39.7. The van der Waals surface area contributed by atoms with Gasteiger partial charge in [0, 0.05) is 46.1 Å². The lowest BCUT2D eigenvalue weighted by Crippen LogP contribution is -2.69. The number of anilines is 1. The molecule has 0 bridgehead atoms. The highest BCUT2D eigenvalue weighted by Gasteiger charge is 2.79. The van der Waals surface area contributed by atoms with Crippen LogP contribution >= 0.6 is 11.3 Å². The number of Topliss-reactive ketones (excluding diaryl/α,β-unsaturated/α-hetero) is 1. The molecule has 10 atom stereocenters. The number of ether oxygens (including phenoxy) is 3. The summed E-state index contributed by atoms with van der Waals surface area (Å²) in [6, 6.07) is 25.3. The van der Waals surface area contributed by atoms with Gasteiger partial charge in [-0.25, -0.2) is 9.18 Å². The number of hydrogen-bond donors (Lipinski definition) is 6. The number of thiophene rings is 1. The van der Waals surface area contributed by atoms with Gasteiger partial charge in [-0.3, -0.25) is 24.0 Å². The maximum atomic E-state index is 17.8. The fourth-order valence-corrected chi connectivity index (χ4v) is 14.1. The number of nitrogens with one attached hydrogen (secondary N) is 3. The van der Waals surface area contributed by atoms with Gasteiger partial charge in [-0.15, -0.1) is 11.3 Å². The van der Waals surface area contributed by atoms with Crippen molar-refractivity contribution in [3.8, 4) is 11.1 Å². The lowest BCUT2D eigenvalue weighted by atomic mass is 9.44. The minimum Gasteiger partial charge on any atom is -0.481 e. The van der Waals surface area contributed by atoms with Gasteiger partial charge in [-0.1, -0.05) is 79.2 Å². The van der Waals surface area contributed by atoms with E-state index in [9.17, 15) is 44.1 Å². The monoisotopic (exact) mass is 1000 g/mol. The number of aliphatic carboxylic acids is 1. The maximum absolute atomic E-state index is 17.8. The number of ketones is 2. The van der Waals surface area contributed by atoms with E-state index < -0.39 is 108 Å². The number of alkyl carbamates (subject to hydrolysis) is 1. The summed E-state index contributed by atoms with van der Waals surface area (Å²) >= 11 is 1.39. The molecule has 3 aromatic carbocycles. The standard InChI is InChI=1S/C55H56FN3O12S/c1-52-21-20-33(61)24-31(52)14-16-40-41-25-46-55(45(63)28-60,53(41,2)26-44(62)54(40,52)56)71-50(70-46)43-18-15-34(72-43)23-30-8-7-9-32(22-30)58-49(67)42(17-19-48(65)66)59-47(64)27-57-51(68)69-29-39-37-12-5-3-10-35(37)36-11-4-6-13-38(36)39/h3-13,15,18,20-22,24,39-42,44,46,50,60,62H,14,16-17,19,23,25-29H2,1-2H3,(H,57,68)(H,58,67)(H,59,64)(H,65,66)/t40-,41-,42-,44-,46+,50+,52-,53-,54-,55+/m0/s1. The third-order valence-corrected chi connectivity index (χ3v) is 17.6. The Balaban J connectivity index is 0.764. The minimum absolute atomic E-state index is 0.0386. The summed E-state index contributed by atoms with van der Waals surface area (Å²) in [5.41, 5.74) is -0.0501. The van der Waals surface area contributed by atoms with Gasteiger partial charge in [0.15, 0.2) is 29.1 Å². The first-order chi connectivity index (χ1) is 34.5. The highest BCUT2D eigenvalue weighted by atomic mass is 32.1. The van der Waals surface area contributed by atoms with Crippen molar-refractivity contribution >= 4 is 52.5 Å². The van der Waals surface area contributed by atoms with E-state index in [2.05, 4.69) is 16.0 Å². The maximum Gasteiger partial charge on any atom is 0.407 e. The first kappa shape index (κ1) is 49.2. The van der Waals surface area contributed by atoms with Gasteiger partial charge in [0.25, 0.3) is 0 Å². The van der Waals surface area contributed by atoms with E-state index in [1.54, 1.807) is 31.2 Å². The number of carboxylic acid groups (broad SMARTS) is 1. The number of hydrogen-bond acceptors (Lipinski definition) is 12. The van der Waals surface area contributed by atoms with E-state index in [1.165, 1.54) is 23.5 Å². The molecular weight excluding hydrogens is 946 g/mol. The molecule has 3 amide bonds. The van der Waals surface area contributed by atoms with E-state index in [0.29, 0.717) is 35.4 Å². The predicted molar refractivity (Wildman–Crippen MR) is 261 cm³/mol. The van der Waals surface area contributed by atoms with Crippen LogP contribution in [-0.2, 0) is 44.6 Å². The topological polar surface area (TPSA) is 227 Å². The van der Waals surface area contributed by atoms with Gasteiger partial charge in [-0.05, 0) is 109 Å². The average molecular weight is 1000 g/mol. The number of aliphatic hydroxyl groups excluding tert-OH is 2. The summed E-state index contributed by atoms with van der Waals surface area (Å²) in [5, 5.41) is 39.5. The number of alkyl halides is 1. The third-order valence-electron chi connectivity index (χ3n) is 16.5. The van der Waals surface area contributed by atoms with Crippen LogP contribution in [0.25, 0.3) is 11.1 Å². The van der Waals surface area contributed by atoms with Crippen LogP contribution < -0.4 is 16.0 Å². The van der Waals surface area contributed by atoms with Crippen LogP contribution in [0.4, 0.5) is 14.9 Å². The quantitative estimate of drug-likeness (QED) is 0.0718. The van der Waals surface area contributed by atoms with Crippen molar-refractivity contribution in [3.63, 3.8) is 0 Å². The first-order valence-electron chi connectivity index (χ1n) is 24.4. The number of carboxylic acids is 1. The fraction of sp³-hybridized carbons (Fsp3) is 0.418. The minimum atomic E-state index is -2.12. The Morgan fingerprint density at radius 3 is 2.42 bits per heavy atom. The molecule has 0 spiro atoms. The molecule has 4 fully saturated rings. The first-order valence-corrected chi connectivity index (χ1v) is 25.2. The van der Waals surface area contributed by atoms with Gasteiger partial charge >= 0.3 is 12.1 Å². The normalized spacial score (nSPS) is 30.1. The van der Waals surface area contributed by atoms with Crippen molar-refractivity contribution in [3.05, 3.63) is 135 Å². The molecule has 1 aliphatic heterocycles. The average Bonchev–Trinajstić information content (AvgIpc) is 4.12. The Bertz CT molecular complexity index is 2890. The molecule has 3 saturated carbocycles. The fourth-order valence-electron chi connectivity index (χ4n) is 13.1. The van der Waals surface area contributed by atoms with E-state index in [-0.39, 0.29) is 37.6 Å². The van der Waals surface area contributed by atoms with Crippen molar-refractivity contribution in [2.45, 2.75) is 101 Å². The highest BCUT2D eigenvalue weighted by Crippen LogP contribution is 2.72. The van der Waals surface area contributed by atoms with Gasteiger partial charge in [0.2, 0.25) is 11.8 Å². The molecule has 4 aromatic rings. The summed E-state index contributed by atoms with van der Waals surface area (Å²) in [6.45, 7) is 2.26. The number of aliphatic hydroxyl groups is 2. The predicted octanol–water partition coefficient (Wildman–Crippen LogP) is 6.86. The molecule has 2 heterocycles. The molecule has 1 aromatic heterocycles. The van der Waals surface area contributed by atoms with Crippen molar-refractivity contribution in [2.75, 3.05) is 25.1 Å². The molecule has 10 rings (SSSR count). The van der Waals surface area contributed by atoms with Crippen molar-refractivity contribution in [2.24, 2.45) is 22.7 Å². The van der Waals surface area contributed by atoms with Crippen molar-refractivity contribution in [1.82, 2.24) is 10.6 Å². The summed E-state index contributed by atoms with van der Waals surface area (Å²) in [5.74, 6) is -4.65. The van der Waals surface area contributed by atoms with Crippen LogP contribution in [-0.4, -0.2) is 100 Å². The molecule has 5 aliphatic carbocycles. The van der Waals surface area contributed by atoms with E-state index >= 15 is 4.39 Å². The number of carbonyl (C=O) groups excluding carboxylic acids is 5. The number of amides is 3. The second-order valence-corrected chi connectivity index (χ2v) is 21.5. The Labute approximate surface area is 418 Å². The zero-order chi connectivity index (χ0) is 50.7. The third kappa shape index (κ3) is 8.18. The Morgan fingerprint density at radius 2 is 1.69 bits per heavy atom. The van der Waals surface area contributed by atoms with Crippen LogP contribution in [0.1, 0.15) is 91.0 Å². The highest BCUT2D eigenvalue weighted by molar-refractivity contribution is 7.12. The summed E-state index contributed by atoms with van der Waals surface area (Å²) < 4.78 is 36.6. The largest absolute Gasteiger partial charge is 0.481 e. The molecular formula is C55H56FN3O12S. The smallest absolute Gasteiger partial charge is 0.407 e. The molecule has 6 aliphatic rings. The van der Waals surface area contributed by atoms with Crippen LogP contribution in [0.3, 0.4) is 0 Å². The van der Waals surface area contributed by atoms with E-state index in [0.717, 1.165) is 32.7 Å². The van der Waals surface area contributed by atoms with Gasteiger partial charge < -0.3 is 45.5 Å². The number of benzene rings is 3. The SMILES string of the molecule is C[C@]12C=CC(=O)C=C1CC[C@H]1[C@@H]3C[C@H]4O[C@@H](c5ccc(Cc6cccc(NC(=O)[C@H](CCC(=O)O)NC(=O)CNC(=O)OCC7c8ccccc8-c8ccccc87)c6)s5)O[C@@]4(C(=O)CO)[C@@]3(C)C[C@H](O)[C@@]12F. The molecule has 1 saturated heterocycles. The lowest BCUT2D eigenvalue weighted by Gasteiger charge is -2.62. The summed E-state index contributed by atoms with van der Waals surface area (Å²) in [6.07, 6.45) is 1.03. The lowest BCUT2D eigenvalue weighted by molar-refractivity contribution is -0.231. The van der Waals surface area contributed by atoms with Crippen LogP contribution in [0.15, 0.2) is 109 Å². The molecule has 0 radical (unpaired) electrons. The van der Waals surface area contributed by atoms with Gasteiger partial charge in [-0.2, -0.15) is 0 Å². The molecule has 0 unspecified atom stereocenters. The van der Waals surface area contributed by atoms with E-state index in [4.69, 9.17) is 14.2 Å². The Kier molecular flexibility index (Phi) is 12.9. The Morgan fingerprint density at radius 1 is 0.958 bits per heavy atom. The second kappa shape index (κ2) is 18.9. The molecule has 72 heavy (non-hydrogen) atoms. The zero-order valence-corrected chi connectivity index (χ0v) is 40.5. The summed E-state index contributed by atoms with van der Waals surface area (Å²) in [4.78, 5) is 78.8. The second-order valence-electron chi connectivity index (χ2n) is 20.3. The molecule has 17 heteroatoms. The molecule has 6 N–H and O–H groups in total. The molecule has 15 nitrogen and oxygen atoms in total. The number of allylic oxidation sites excluding steroid dienone is 4. The van der Waals surface area contributed by atoms with Crippen LogP contribution in [0.2, 0.25) is 0 Å². The molecule has 376 valence electrons.